The molecule has 0 bridgehead atoms. The second kappa shape index (κ2) is 8.89. The van der Waals surface area contributed by atoms with Crippen molar-refractivity contribution in [3.8, 4) is 17.3 Å². The molecular weight excluding hydrogens is 388 g/mol. The molecule has 2 aromatic heterocycles. The van der Waals surface area contributed by atoms with Crippen LogP contribution in [-0.2, 0) is 0 Å². The van der Waals surface area contributed by atoms with E-state index in [1.165, 1.54) is 0 Å². The summed E-state index contributed by atoms with van der Waals surface area (Å²) >= 11 is 0. The summed E-state index contributed by atoms with van der Waals surface area (Å²) in [4.78, 5) is 17.1. The van der Waals surface area contributed by atoms with Crippen LogP contribution in [0.2, 0.25) is 0 Å². The van der Waals surface area contributed by atoms with Crippen LogP contribution in [0.15, 0.2) is 83.5 Å². The van der Waals surface area contributed by atoms with E-state index < -0.39 is 0 Å². The number of nitrogens with one attached hydrogen (secondary N) is 1. The lowest BCUT2D eigenvalue weighted by molar-refractivity contribution is 0.102. The Morgan fingerprint density at radius 1 is 1.03 bits per heavy atom. The summed E-state index contributed by atoms with van der Waals surface area (Å²) in [5, 5.41) is 16.4. The number of rotatable bonds is 5. The standard InChI is InChI=1S/C25H18N4O2/c1-17-23(24(29-31-17)19-7-3-2-4-8-19)25(30)28-21-12-10-18(11-13-21)20(16-26)15-22-9-5-6-14-27-22/h2-15H,1H3,(H,28,30). The van der Waals surface area contributed by atoms with Crippen LogP contribution in [0, 0.1) is 18.3 Å². The van der Waals surface area contributed by atoms with E-state index in [1.807, 2.05) is 48.5 Å². The zero-order valence-corrected chi connectivity index (χ0v) is 16.7. The van der Waals surface area contributed by atoms with E-state index in [2.05, 4.69) is 21.5 Å². The van der Waals surface area contributed by atoms with E-state index in [0.29, 0.717) is 34.0 Å². The summed E-state index contributed by atoms with van der Waals surface area (Å²) in [7, 11) is 0. The van der Waals surface area contributed by atoms with Gasteiger partial charge in [0, 0.05) is 17.4 Å². The molecule has 0 aliphatic rings. The first-order valence-corrected chi connectivity index (χ1v) is 9.62. The number of anilines is 1. The van der Waals surface area contributed by atoms with Crippen molar-refractivity contribution in [2.24, 2.45) is 0 Å². The van der Waals surface area contributed by atoms with Gasteiger partial charge in [-0.15, -0.1) is 0 Å². The summed E-state index contributed by atoms with van der Waals surface area (Å²) in [5.41, 5.74) is 4.21. The van der Waals surface area contributed by atoms with Crippen molar-refractivity contribution >= 4 is 23.2 Å². The van der Waals surface area contributed by atoms with Crippen molar-refractivity contribution < 1.29 is 9.32 Å². The van der Waals surface area contributed by atoms with E-state index in [4.69, 9.17) is 4.52 Å². The van der Waals surface area contributed by atoms with E-state index >= 15 is 0 Å². The third kappa shape index (κ3) is 4.41. The van der Waals surface area contributed by atoms with Gasteiger partial charge in [0.25, 0.3) is 5.91 Å². The van der Waals surface area contributed by atoms with Gasteiger partial charge in [-0.3, -0.25) is 9.78 Å². The number of carbonyl (C=O) groups is 1. The lowest BCUT2D eigenvalue weighted by atomic mass is 10.0. The highest BCUT2D eigenvalue weighted by atomic mass is 16.5. The first kappa shape index (κ1) is 19.8. The number of nitrogens with zero attached hydrogens (tertiary/aromatic N) is 3. The Balaban J connectivity index is 1.55. The quantitative estimate of drug-likeness (QED) is 0.450. The Morgan fingerprint density at radius 2 is 1.77 bits per heavy atom. The van der Waals surface area contributed by atoms with Crippen molar-refractivity contribution in [3.63, 3.8) is 0 Å². The first-order chi connectivity index (χ1) is 15.2. The number of amides is 1. The minimum absolute atomic E-state index is 0.310. The second-order valence-electron chi connectivity index (χ2n) is 6.78. The van der Waals surface area contributed by atoms with Gasteiger partial charge in [-0.05, 0) is 42.8 Å². The molecule has 0 aliphatic carbocycles. The van der Waals surface area contributed by atoms with Crippen LogP contribution in [-0.4, -0.2) is 16.0 Å². The molecule has 0 atom stereocenters. The second-order valence-corrected chi connectivity index (χ2v) is 6.78. The molecule has 2 heterocycles. The molecule has 0 unspecified atom stereocenters. The molecule has 4 aromatic rings. The van der Waals surface area contributed by atoms with Crippen LogP contribution in [0.5, 0.6) is 0 Å². The van der Waals surface area contributed by atoms with Crippen LogP contribution >= 0.6 is 0 Å². The highest BCUT2D eigenvalue weighted by molar-refractivity contribution is 6.08. The van der Waals surface area contributed by atoms with Crippen LogP contribution < -0.4 is 5.32 Å². The predicted octanol–water partition coefficient (Wildman–Crippen LogP) is 5.36. The summed E-state index contributed by atoms with van der Waals surface area (Å²) in [6.45, 7) is 1.71. The maximum Gasteiger partial charge on any atom is 0.261 e. The molecule has 0 fully saturated rings. The average molecular weight is 406 g/mol. The number of aromatic nitrogens is 2. The fourth-order valence-corrected chi connectivity index (χ4v) is 3.15. The molecule has 0 saturated carbocycles. The number of nitriles is 1. The fraction of sp³-hybridized carbons (Fsp3) is 0.0400. The largest absolute Gasteiger partial charge is 0.360 e. The van der Waals surface area contributed by atoms with Gasteiger partial charge in [-0.1, -0.05) is 53.7 Å². The maximum atomic E-state index is 12.9. The Labute approximate surface area is 179 Å². The molecule has 31 heavy (non-hydrogen) atoms. The van der Waals surface area contributed by atoms with Gasteiger partial charge in [0.2, 0.25) is 0 Å². The first-order valence-electron chi connectivity index (χ1n) is 9.62. The number of carbonyl (C=O) groups excluding carboxylic acids is 1. The molecule has 6 heteroatoms. The monoisotopic (exact) mass is 406 g/mol. The van der Waals surface area contributed by atoms with E-state index in [9.17, 15) is 10.1 Å². The lowest BCUT2D eigenvalue weighted by Gasteiger charge is -2.07. The number of allylic oxidation sites excluding steroid dienone is 1. The number of hydrogen-bond donors (Lipinski definition) is 1. The predicted molar refractivity (Wildman–Crippen MR) is 119 cm³/mol. The lowest BCUT2D eigenvalue weighted by Crippen LogP contribution is -2.13. The fourth-order valence-electron chi connectivity index (χ4n) is 3.15. The summed E-state index contributed by atoms with van der Waals surface area (Å²) in [6.07, 6.45) is 3.40. The Kier molecular flexibility index (Phi) is 5.68. The van der Waals surface area contributed by atoms with Crippen LogP contribution in [0.25, 0.3) is 22.9 Å². The Bertz CT molecular complexity index is 1270. The minimum Gasteiger partial charge on any atom is -0.360 e. The zero-order chi connectivity index (χ0) is 21.6. The van der Waals surface area contributed by atoms with Crippen LogP contribution in [0.3, 0.4) is 0 Å². The highest BCUT2D eigenvalue weighted by Gasteiger charge is 2.21. The Morgan fingerprint density at radius 3 is 2.45 bits per heavy atom. The molecule has 4 rings (SSSR count). The summed E-state index contributed by atoms with van der Waals surface area (Å²) < 4.78 is 5.27. The van der Waals surface area contributed by atoms with Crippen molar-refractivity contribution in [1.29, 1.82) is 5.26 Å². The summed E-state index contributed by atoms with van der Waals surface area (Å²) in [6, 6.07) is 24.2. The molecule has 1 amide bonds. The van der Waals surface area contributed by atoms with Crippen molar-refractivity contribution in [1.82, 2.24) is 10.1 Å². The minimum atomic E-state index is -0.310. The third-order valence-electron chi connectivity index (χ3n) is 4.69. The number of aryl methyl sites for hydroxylation is 1. The molecule has 0 saturated heterocycles. The van der Waals surface area contributed by atoms with Crippen molar-refractivity contribution in [2.75, 3.05) is 5.32 Å². The van der Waals surface area contributed by atoms with E-state index in [-0.39, 0.29) is 5.91 Å². The molecule has 1 N–H and O–H groups in total. The number of hydrogen-bond acceptors (Lipinski definition) is 5. The van der Waals surface area contributed by atoms with Gasteiger partial charge in [-0.2, -0.15) is 5.26 Å². The number of benzene rings is 2. The maximum absolute atomic E-state index is 12.9. The molecule has 6 nitrogen and oxygen atoms in total. The molecule has 150 valence electrons. The average Bonchev–Trinajstić information content (AvgIpc) is 3.21. The van der Waals surface area contributed by atoms with Crippen molar-refractivity contribution in [3.05, 3.63) is 102 Å². The third-order valence-corrected chi connectivity index (χ3v) is 4.69. The Hall–Kier alpha value is -4.50. The van der Waals surface area contributed by atoms with Gasteiger partial charge in [-0.25, -0.2) is 0 Å². The smallest absolute Gasteiger partial charge is 0.261 e. The highest BCUT2D eigenvalue weighted by Crippen LogP contribution is 2.26. The topological polar surface area (TPSA) is 91.8 Å². The van der Waals surface area contributed by atoms with Gasteiger partial charge < -0.3 is 9.84 Å². The van der Waals surface area contributed by atoms with Gasteiger partial charge in [0.15, 0.2) is 0 Å². The van der Waals surface area contributed by atoms with Crippen LogP contribution in [0.1, 0.15) is 27.4 Å². The molecule has 0 radical (unpaired) electrons. The van der Waals surface area contributed by atoms with Crippen LogP contribution in [0.4, 0.5) is 5.69 Å². The molecular formula is C25H18N4O2. The molecule has 0 spiro atoms. The SMILES string of the molecule is Cc1onc(-c2ccccc2)c1C(=O)Nc1ccc(C(C#N)=Cc2ccccn2)cc1. The van der Waals surface area contributed by atoms with Gasteiger partial charge in [0.05, 0.1) is 17.3 Å². The van der Waals surface area contributed by atoms with E-state index in [1.54, 1.807) is 43.5 Å². The van der Waals surface area contributed by atoms with E-state index in [0.717, 1.165) is 11.1 Å². The molecule has 2 aromatic carbocycles. The molecule has 0 aliphatic heterocycles. The zero-order valence-electron chi connectivity index (χ0n) is 16.7. The summed E-state index contributed by atoms with van der Waals surface area (Å²) in [5.74, 6) is 0.132. The van der Waals surface area contributed by atoms with Gasteiger partial charge in [0.1, 0.15) is 17.0 Å². The number of pyridine rings is 1. The van der Waals surface area contributed by atoms with Gasteiger partial charge >= 0.3 is 0 Å². The normalized spacial score (nSPS) is 11.0. The van der Waals surface area contributed by atoms with Crippen molar-refractivity contribution in [2.45, 2.75) is 6.92 Å².